The molecule has 0 bridgehead atoms. The normalized spacial score (nSPS) is 12.0. The Morgan fingerprint density at radius 3 is 1.60 bits per heavy atom. The maximum Gasteiger partial charge on any atom is 0.320 e. The number of pyridine rings is 3. The highest BCUT2D eigenvalue weighted by atomic mass is 16.6. The Morgan fingerprint density at radius 1 is 0.619 bits per heavy atom. The van der Waals surface area contributed by atoms with Crippen LogP contribution in [0, 0.1) is 30.9 Å². The number of carboxylic acid groups (broad SMARTS) is 2. The molecule has 2 atom stereocenters. The molecule has 15 nitrogen and oxygen atoms in total. The van der Waals surface area contributed by atoms with Crippen LogP contribution in [0.5, 0.6) is 0 Å². The average molecular weight is 844 g/mol. The smallest absolute Gasteiger partial charge is 0.320 e. The molecule has 63 heavy (non-hydrogen) atoms. The number of fused-ring (bicyclic) bond motifs is 3. The highest BCUT2D eigenvalue weighted by molar-refractivity contribution is 6.03. The number of hydrogen-bond acceptors (Lipinski definition) is 9. The van der Waals surface area contributed by atoms with Crippen molar-refractivity contribution in [2.45, 2.75) is 45.7 Å². The van der Waals surface area contributed by atoms with Gasteiger partial charge in [0.2, 0.25) is 0 Å². The van der Waals surface area contributed by atoms with Gasteiger partial charge in [0.05, 0.1) is 4.92 Å². The number of nitrogens with one attached hydrogen (secondary N) is 3. The van der Waals surface area contributed by atoms with E-state index < -0.39 is 28.9 Å². The zero-order chi connectivity index (χ0) is 44.8. The van der Waals surface area contributed by atoms with Crippen LogP contribution in [0.1, 0.15) is 28.2 Å². The van der Waals surface area contributed by atoms with Gasteiger partial charge in [0.1, 0.15) is 17.6 Å². The van der Waals surface area contributed by atoms with Crippen molar-refractivity contribution in [3.8, 4) is 33.4 Å². The number of aromatic amines is 3. The third-order valence-corrected chi connectivity index (χ3v) is 10.8. The predicted octanol–water partition coefficient (Wildman–Crippen LogP) is 8.43. The van der Waals surface area contributed by atoms with Crippen molar-refractivity contribution < 1.29 is 24.7 Å². The molecule has 0 aliphatic rings. The first kappa shape index (κ1) is 43.1. The van der Waals surface area contributed by atoms with Crippen LogP contribution < -0.4 is 11.5 Å². The first-order chi connectivity index (χ1) is 30.3. The summed E-state index contributed by atoms with van der Waals surface area (Å²) in [6, 6.07) is 27.2. The fraction of sp³-hybridized carbons (Fsp3) is 0.146. The number of carbonyl (C=O) groups is 2. The van der Waals surface area contributed by atoms with Gasteiger partial charge in [-0.1, -0.05) is 24.3 Å². The van der Waals surface area contributed by atoms with Crippen molar-refractivity contribution in [1.82, 2.24) is 29.9 Å². The average Bonchev–Trinajstić information content (AvgIpc) is 3.94. The topological polar surface area (TPSA) is 256 Å². The van der Waals surface area contributed by atoms with Gasteiger partial charge in [-0.3, -0.25) is 34.7 Å². The second-order valence-corrected chi connectivity index (χ2v) is 15.0. The number of nitrogens with two attached hydrogens (primary N) is 2. The van der Waals surface area contributed by atoms with Crippen LogP contribution >= 0.6 is 0 Å². The van der Waals surface area contributed by atoms with Gasteiger partial charge in [-0.25, -0.2) is 0 Å². The summed E-state index contributed by atoms with van der Waals surface area (Å²) in [6.45, 7) is 5.78. The van der Waals surface area contributed by atoms with Crippen molar-refractivity contribution in [3.63, 3.8) is 0 Å². The highest BCUT2D eigenvalue weighted by Crippen LogP contribution is 2.38. The highest BCUT2D eigenvalue weighted by Gasteiger charge is 2.25. The van der Waals surface area contributed by atoms with Crippen LogP contribution in [0.4, 0.5) is 5.69 Å². The molecular weight excluding hydrogens is 799 g/mol. The summed E-state index contributed by atoms with van der Waals surface area (Å²) < 4.78 is 0. The van der Waals surface area contributed by atoms with Crippen LogP contribution in [0.25, 0.3) is 66.1 Å². The van der Waals surface area contributed by atoms with E-state index in [1.165, 1.54) is 33.8 Å². The second kappa shape index (κ2) is 18.7. The summed E-state index contributed by atoms with van der Waals surface area (Å²) in [5.74, 6) is -2.11. The van der Waals surface area contributed by atoms with Gasteiger partial charge in [-0.05, 0) is 126 Å². The third-order valence-electron chi connectivity index (χ3n) is 10.8. The molecule has 3 aromatic carbocycles. The molecule has 0 fully saturated rings. The van der Waals surface area contributed by atoms with Crippen molar-refractivity contribution in [1.29, 1.82) is 0 Å². The molecule has 0 aliphatic heterocycles. The zero-order valence-corrected chi connectivity index (χ0v) is 34.7. The SMILES string of the molecule is Cc1[nH]c2c([N+](=O)[O-])ccc(-c3ccncc3)c2c1CC(N)C(=O)O.Cc1[nH]c2cccc(-c3ccncc3)c2c1CC(N)C(=O)O.Cc1cc2c(-c3ccncc3)cccc2[nH]1. The molecule has 0 saturated carbocycles. The van der Waals surface area contributed by atoms with Gasteiger partial charge in [-0.2, -0.15) is 0 Å². The van der Waals surface area contributed by atoms with Crippen LogP contribution in [-0.2, 0) is 22.4 Å². The predicted molar refractivity (Wildman–Crippen MR) is 244 cm³/mol. The molecule has 0 aliphatic carbocycles. The molecule has 9 aromatic rings. The standard InChI is InChI=1S/C17H16N4O4.C17H17N3O2.C14H12N2/c1-9-12(8-13(18)17(22)23)15-11(10-4-6-19-7-5-10)2-3-14(21(24)25)16(15)20-9;1-10-13(9-14(18)17(21)22)16-12(3-2-4-15(16)20-10)11-5-7-19-8-6-11;1-10-9-13-12(3-2-4-14(13)16-10)11-5-7-15-8-6-11/h2-7,13,20H,8,18H2,1H3,(H,22,23);2-8,14,20H,9,18H2,1H3,(H,21,22);2-9,16H,1H3. The van der Waals surface area contributed by atoms with E-state index in [9.17, 15) is 19.7 Å². The lowest BCUT2D eigenvalue weighted by atomic mass is 9.95. The Morgan fingerprint density at radius 2 is 1.08 bits per heavy atom. The molecule has 6 heterocycles. The van der Waals surface area contributed by atoms with Gasteiger partial charge < -0.3 is 36.6 Å². The van der Waals surface area contributed by atoms with Crippen molar-refractivity contribution in [3.05, 3.63) is 166 Å². The van der Waals surface area contributed by atoms with E-state index in [0.29, 0.717) is 28.6 Å². The molecule has 6 aromatic heterocycles. The first-order valence-corrected chi connectivity index (χ1v) is 20.0. The number of H-pyrrole nitrogens is 3. The van der Waals surface area contributed by atoms with Crippen molar-refractivity contribution in [2.24, 2.45) is 11.5 Å². The number of carboxylic acids is 2. The Balaban J connectivity index is 0.000000145. The van der Waals surface area contributed by atoms with Gasteiger partial charge >= 0.3 is 11.9 Å². The number of nitro groups is 1. The molecule has 9 N–H and O–H groups in total. The lowest BCUT2D eigenvalue weighted by Gasteiger charge is -2.10. The maximum absolute atomic E-state index is 11.4. The Hall–Kier alpha value is -8.01. The lowest BCUT2D eigenvalue weighted by molar-refractivity contribution is -0.383. The van der Waals surface area contributed by atoms with E-state index in [-0.39, 0.29) is 12.1 Å². The van der Waals surface area contributed by atoms with E-state index >= 15 is 0 Å². The van der Waals surface area contributed by atoms with Gasteiger partial charge in [0.25, 0.3) is 5.69 Å². The number of benzene rings is 3. The van der Waals surface area contributed by atoms with Crippen LogP contribution in [0.3, 0.4) is 0 Å². The Kier molecular flexibility index (Phi) is 12.8. The maximum atomic E-state index is 11.4. The molecule has 0 amide bonds. The van der Waals surface area contributed by atoms with Gasteiger partial charge in [-0.15, -0.1) is 0 Å². The number of aliphatic carboxylic acids is 2. The molecule has 15 heteroatoms. The van der Waals surface area contributed by atoms with E-state index in [0.717, 1.165) is 44.4 Å². The molecule has 2 unspecified atom stereocenters. The van der Waals surface area contributed by atoms with E-state index in [1.807, 2.05) is 61.8 Å². The fourth-order valence-corrected chi connectivity index (χ4v) is 7.83. The molecule has 318 valence electrons. The second-order valence-electron chi connectivity index (χ2n) is 15.0. The minimum Gasteiger partial charge on any atom is -0.480 e. The third kappa shape index (κ3) is 9.34. The minimum absolute atomic E-state index is 0.0638. The monoisotopic (exact) mass is 843 g/mol. The number of non-ortho nitro benzene ring substituents is 1. The number of hydrogen-bond donors (Lipinski definition) is 7. The largest absolute Gasteiger partial charge is 0.480 e. The van der Waals surface area contributed by atoms with Gasteiger partial charge in [0, 0.05) is 100 Å². The van der Waals surface area contributed by atoms with Crippen LogP contribution in [0.15, 0.2) is 128 Å². The summed E-state index contributed by atoms with van der Waals surface area (Å²) in [5.41, 5.74) is 24.5. The quantitative estimate of drug-likeness (QED) is 0.0508. The van der Waals surface area contributed by atoms with Crippen molar-refractivity contribution >= 4 is 50.3 Å². The zero-order valence-electron chi connectivity index (χ0n) is 34.7. The van der Waals surface area contributed by atoms with E-state index in [4.69, 9.17) is 21.7 Å². The molecular formula is C48H45N9O6. The van der Waals surface area contributed by atoms with Crippen LogP contribution in [0.2, 0.25) is 0 Å². The van der Waals surface area contributed by atoms with E-state index in [2.05, 4.69) is 61.1 Å². The first-order valence-electron chi connectivity index (χ1n) is 20.0. The summed E-state index contributed by atoms with van der Waals surface area (Å²) >= 11 is 0. The number of aromatic nitrogens is 6. The Labute approximate surface area is 361 Å². The molecule has 0 radical (unpaired) electrons. The summed E-state index contributed by atoms with van der Waals surface area (Å²) in [6.07, 6.45) is 10.8. The molecule has 9 rings (SSSR count). The van der Waals surface area contributed by atoms with E-state index in [1.54, 1.807) is 49.9 Å². The summed E-state index contributed by atoms with van der Waals surface area (Å²) in [5, 5.41) is 32.5. The lowest BCUT2D eigenvalue weighted by Crippen LogP contribution is -2.32. The Bertz CT molecular complexity index is 3070. The van der Waals surface area contributed by atoms with Crippen molar-refractivity contribution in [2.75, 3.05) is 0 Å². The minimum atomic E-state index is -1.12. The number of nitro benzene ring substituents is 1. The number of aryl methyl sites for hydroxylation is 3. The fourth-order valence-electron chi connectivity index (χ4n) is 7.83. The van der Waals surface area contributed by atoms with Crippen LogP contribution in [-0.4, -0.2) is 69.1 Å². The number of nitrogens with zero attached hydrogens (tertiary/aromatic N) is 4. The summed E-state index contributed by atoms with van der Waals surface area (Å²) in [4.78, 5) is 54.9. The summed E-state index contributed by atoms with van der Waals surface area (Å²) in [7, 11) is 0. The van der Waals surface area contributed by atoms with Gasteiger partial charge in [0.15, 0.2) is 0 Å². The number of rotatable bonds is 10. The molecule has 0 saturated heterocycles. The molecule has 0 spiro atoms.